The zero-order valence-corrected chi connectivity index (χ0v) is 7.16. The van der Waals surface area contributed by atoms with Gasteiger partial charge in [0.1, 0.15) is 6.17 Å². The lowest BCUT2D eigenvalue weighted by Gasteiger charge is -2.18. The largest absolute Gasteiger partial charge is 0.481 e. The van der Waals surface area contributed by atoms with Gasteiger partial charge in [-0.2, -0.15) is 0 Å². The van der Waals surface area contributed by atoms with Gasteiger partial charge in [0, 0.05) is 6.92 Å². The molecule has 0 aliphatic heterocycles. The molecule has 0 spiro atoms. The van der Waals surface area contributed by atoms with Crippen molar-refractivity contribution in [3.8, 4) is 0 Å². The number of aliphatic carboxylic acids is 1. The van der Waals surface area contributed by atoms with Crippen LogP contribution in [0.15, 0.2) is 0 Å². The predicted molar refractivity (Wildman–Crippen MR) is 42.7 cm³/mol. The van der Waals surface area contributed by atoms with Crippen LogP contribution in [0.3, 0.4) is 0 Å². The maximum atomic E-state index is 12.2. The molecule has 0 aromatic heterocycles. The van der Waals surface area contributed by atoms with Crippen LogP contribution in [0.4, 0.5) is 4.39 Å². The lowest BCUT2D eigenvalue weighted by Crippen LogP contribution is -2.18. The second-order valence-electron chi connectivity index (χ2n) is 2.92. The molecular weight excluding hydrogens is 163 g/mol. The Balaban J connectivity index is 0.000000261. The first-order valence-electron chi connectivity index (χ1n) is 4.04. The fourth-order valence-corrected chi connectivity index (χ4v) is 1.04. The zero-order valence-electron chi connectivity index (χ0n) is 7.16. The number of aliphatic hydroxyl groups excluding tert-OH is 1. The number of rotatable bonds is 0. The van der Waals surface area contributed by atoms with Crippen LogP contribution in [-0.2, 0) is 4.79 Å². The molecule has 0 heterocycles. The van der Waals surface area contributed by atoms with Gasteiger partial charge in [-0.3, -0.25) is 4.79 Å². The van der Waals surface area contributed by atoms with Crippen LogP contribution in [0.5, 0.6) is 0 Å². The van der Waals surface area contributed by atoms with Crippen molar-refractivity contribution in [2.75, 3.05) is 0 Å². The van der Waals surface area contributed by atoms with E-state index in [1.165, 1.54) is 0 Å². The fourth-order valence-electron chi connectivity index (χ4n) is 1.04. The van der Waals surface area contributed by atoms with Crippen molar-refractivity contribution in [3.05, 3.63) is 0 Å². The van der Waals surface area contributed by atoms with Gasteiger partial charge in [-0.25, -0.2) is 4.39 Å². The molecule has 0 saturated heterocycles. The molecule has 1 rings (SSSR count). The Labute approximate surface area is 71.2 Å². The summed E-state index contributed by atoms with van der Waals surface area (Å²) >= 11 is 0. The van der Waals surface area contributed by atoms with Crippen LogP contribution < -0.4 is 0 Å². The third-order valence-corrected chi connectivity index (χ3v) is 1.63. The van der Waals surface area contributed by atoms with Crippen molar-refractivity contribution in [3.63, 3.8) is 0 Å². The third kappa shape index (κ3) is 7.47. The van der Waals surface area contributed by atoms with Crippen molar-refractivity contribution >= 4 is 5.97 Å². The quantitative estimate of drug-likeness (QED) is 0.588. The summed E-state index contributed by atoms with van der Waals surface area (Å²) in [5.41, 5.74) is 0. The van der Waals surface area contributed by atoms with E-state index in [4.69, 9.17) is 15.0 Å². The van der Waals surface area contributed by atoms with E-state index in [1.807, 2.05) is 0 Å². The number of aliphatic hydroxyl groups is 1. The summed E-state index contributed by atoms with van der Waals surface area (Å²) in [5, 5.41) is 16.3. The topological polar surface area (TPSA) is 57.5 Å². The minimum absolute atomic E-state index is 0.220. The van der Waals surface area contributed by atoms with Crippen molar-refractivity contribution in [2.45, 2.75) is 44.9 Å². The third-order valence-electron chi connectivity index (χ3n) is 1.63. The lowest BCUT2D eigenvalue weighted by molar-refractivity contribution is -0.134. The molecule has 0 aromatic carbocycles. The highest BCUT2D eigenvalue weighted by Gasteiger charge is 2.17. The average Bonchev–Trinajstić information content (AvgIpc) is 1.94. The molecule has 0 radical (unpaired) electrons. The van der Waals surface area contributed by atoms with E-state index < -0.39 is 12.1 Å². The second-order valence-corrected chi connectivity index (χ2v) is 2.92. The molecule has 1 aliphatic carbocycles. The van der Waals surface area contributed by atoms with E-state index in [1.54, 1.807) is 0 Å². The minimum Gasteiger partial charge on any atom is -0.481 e. The standard InChI is InChI=1S/C6H11FO.C2H4O2/c7-5-1-3-6(8)4-2-5;1-2(3)4/h5-6,8H,1-4H2;1H3,(H,3,4). The predicted octanol–water partition coefficient (Wildman–Crippen LogP) is 1.35. The summed E-state index contributed by atoms with van der Waals surface area (Å²) in [7, 11) is 0. The SMILES string of the molecule is CC(=O)O.OC1CCC(F)CC1. The Morgan fingerprint density at radius 1 is 1.33 bits per heavy atom. The zero-order chi connectivity index (χ0) is 9.56. The molecule has 2 N–H and O–H groups in total. The first kappa shape index (κ1) is 11.4. The molecule has 1 aliphatic rings. The van der Waals surface area contributed by atoms with Crippen LogP contribution in [0, 0.1) is 0 Å². The number of carboxylic acids is 1. The van der Waals surface area contributed by atoms with Crippen LogP contribution in [0.25, 0.3) is 0 Å². The molecule has 0 amide bonds. The van der Waals surface area contributed by atoms with E-state index in [0.29, 0.717) is 25.7 Å². The van der Waals surface area contributed by atoms with E-state index >= 15 is 0 Å². The monoisotopic (exact) mass is 178 g/mol. The van der Waals surface area contributed by atoms with Gasteiger partial charge in [-0.1, -0.05) is 0 Å². The fraction of sp³-hybridized carbons (Fsp3) is 0.875. The van der Waals surface area contributed by atoms with Crippen molar-refractivity contribution in [2.24, 2.45) is 0 Å². The Morgan fingerprint density at radius 2 is 1.67 bits per heavy atom. The molecule has 0 unspecified atom stereocenters. The number of hydrogen-bond acceptors (Lipinski definition) is 2. The first-order valence-corrected chi connectivity index (χ1v) is 4.04. The summed E-state index contributed by atoms with van der Waals surface area (Å²) in [6.45, 7) is 1.08. The van der Waals surface area contributed by atoms with Crippen LogP contribution in [-0.4, -0.2) is 28.5 Å². The smallest absolute Gasteiger partial charge is 0.300 e. The van der Waals surface area contributed by atoms with Gasteiger partial charge in [-0.15, -0.1) is 0 Å². The van der Waals surface area contributed by atoms with Crippen molar-refractivity contribution in [1.82, 2.24) is 0 Å². The molecule has 1 fully saturated rings. The van der Waals surface area contributed by atoms with Crippen molar-refractivity contribution in [1.29, 1.82) is 0 Å². The maximum absolute atomic E-state index is 12.2. The number of alkyl halides is 1. The molecule has 4 heteroatoms. The van der Waals surface area contributed by atoms with E-state index in [-0.39, 0.29) is 6.10 Å². The molecular formula is C8H15FO3. The van der Waals surface area contributed by atoms with E-state index in [0.717, 1.165) is 6.92 Å². The van der Waals surface area contributed by atoms with Gasteiger partial charge in [-0.05, 0) is 25.7 Å². The van der Waals surface area contributed by atoms with Gasteiger partial charge < -0.3 is 10.2 Å². The summed E-state index contributed by atoms with van der Waals surface area (Å²) in [6.07, 6.45) is 1.56. The Morgan fingerprint density at radius 3 is 1.92 bits per heavy atom. The Kier molecular flexibility index (Phi) is 5.62. The van der Waals surface area contributed by atoms with Crippen LogP contribution in [0.2, 0.25) is 0 Å². The van der Waals surface area contributed by atoms with E-state index in [2.05, 4.69) is 0 Å². The van der Waals surface area contributed by atoms with Crippen LogP contribution in [0.1, 0.15) is 32.6 Å². The van der Waals surface area contributed by atoms with E-state index in [9.17, 15) is 4.39 Å². The molecule has 3 nitrogen and oxygen atoms in total. The summed E-state index contributed by atoms with van der Waals surface area (Å²) < 4.78 is 12.2. The molecule has 0 atom stereocenters. The number of carbonyl (C=O) groups is 1. The van der Waals surface area contributed by atoms with Gasteiger partial charge in [0.2, 0.25) is 0 Å². The highest BCUT2D eigenvalue weighted by molar-refractivity contribution is 5.62. The molecule has 0 aromatic rings. The second kappa shape index (κ2) is 5.94. The number of halogens is 1. The average molecular weight is 178 g/mol. The maximum Gasteiger partial charge on any atom is 0.300 e. The van der Waals surface area contributed by atoms with Crippen molar-refractivity contribution < 1.29 is 19.4 Å². The Bertz CT molecular complexity index is 116. The van der Waals surface area contributed by atoms with Crippen LogP contribution >= 0.6 is 0 Å². The summed E-state index contributed by atoms with van der Waals surface area (Å²) in [5.74, 6) is -0.833. The minimum atomic E-state index is -0.833. The lowest BCUT2D eigenvalue weighted by atomic mass is 9.96. The Hall–Kier alpha value is -0.640. The summed E-state index contributed by atoms with van der Waals surface area (Å²) in [4.78, 5) is 9.00. The molecule has 0 bridgehead atoms. The number of hydrogen-bond donors (Lipinski definition) is 2. The highest BCUT2D eigenvalue weighted by atomic mass is 19.1. The van der Waals surface area contributed by atoms with Gasteiger partial charge in [0.05, 0.1) is 6.10 Å². The molecule has 12 heavy (non-hydrogen) atoms. The van der Waals surface area contributed by atoms with Gasteiger partial charge in [0.25, 0.3) is 5.97 Å². The first-order chi connectivity index (χ1) is 5.52. The molecule has 1 saturated carbocycles. The highest BCUT2D eigenvalue weighted by Crippen LogP contribution is 2.20. The molecule has 72 valence electrons. The normalized spacial score (nSPS) is 28.6. The summed E-state index contributed by atoms with van der Waals surface area (Å²) in [6, 6.07) is 0. The van der Waals surface area contributed by atoms with Gasteiger partial charge in [0.15, 0.2) is 0 Å². The van der Waals surface area contributed by atoms with Gasteiger partial charge >= 0.3 is 0 Å². The number of carboxylic acid groups (broad SMARTS) is 1.